The first-order chi connectivity index (χ1) is 7.42. The second-order valence-electron chi connectivity index (χ2n) is 3.67. The van der Waals surface area contributed by atoms with E-state index < -0.39 is 9.84 Å². The summed E-state index contributed by atoms with van der Waals surface area (Å²) in [6, 6.07) is 3.33. The molecule has 1 rings (SSSR count). The fraction of sp³-hybridized carbons (Fsp3) is 0.400. The first-order valence-corrected chi connectivity index (χ1v) is 6.77. The van der Waals surface area contributed by atoms with E-state index in [2.05, 4.69) is 10.3 Å². The SMILES string of the molecule is CC(CS(C)(=O)=O)Nc1cnccc1C#N. The maximum atomic E-state index is 11.1. The van der Waals surface area contributed by atoms with Gasteiger partial charge in [0.15, 0.2) is 0 Å². The van der Waals surface area contributed by atoms with Crippen molar-refractivity contribution in [1.29, 1.82) is 5.26 Å². The summed E-state index contributed by atoms with van der Waals surface area (Å²) >= 11 is 0. The highest BCUT2D eigenvalue weighted by molar-refractivity contribution is 7.90. The van der Waals surface area contributed by atoms with Gasteiger partial charge in [-0.15, -0.1) is 0 Å². The number of hydrogen-bond acceptors (Lipinski definition) is 5. The van der Waals surface area contributed by atoms with Gasteiger partial charge in [0.25, 0.3) is 0 Å². The van der Waals surface area contributed by atoms with Crippen molar-refractivity contribution >= 4 is 15.5 Å². The van der Waals surface area contributed by atoms with Gasteiger partial charge in [-0.1, -0.05) is 0 Å². The summed E-state index contributed by atoms with van der Waals surface area (Å²) in [5, 5.41) is 11.8. The zero-order valence-corrected chi connectivity index (χ0v) is 9.95. The van der Waals surface area contributed by atoms with Crippen LogP contribution in [0.2, 0.25) is 0 Å². The third kappa shape index (κ3) is 3.87. The monoisotopic (exact) mass is 239 g/mol. The van der Waals surface area contributed by atoms with Crippen molar-refractivity contribution < 1.29 is 8.42 Å². The van der Waals surface area contributed by atoms with Crippen LogP contribution in [0, 0.1) is 11.3 Å². The molecule has 0 aromatic carbocycles. The number of rotatable bonds is 4. The summed E-state index contributed by atoms with van der Waals surface area (Å²) in [5.74, 6) is 0.0206. The van der Waals surface area contributed by atoms with Crippen LogP contribution >= 0.6 is 0 Å². The van der Waals surface area contributed by atoms with Gasteiger partial charge in [-0.25, -0.2) is 8.42 Å². The molecule has 16 heavy (non-hydrogen) atoms. The van der Waals surface area contributed by atoms with Gasteiger partial charge in [0.2, 0.25) is 0 Å². The Bertz CT molecular complexity index is 505. The largest absolute Gasteiger partial charge is 0.379 e. The number of sulfone groups is 1. The molecule has 0 fully saturated rings. The Balaban J connectivity index is 2.78. The second kappa shape index (κ2) is 4.94. The van der Waals surface area contributed by atoms with Gasteiger partial charge in [-0.05, 0) is 13.0 Å². The summed E-state index contributed by atoms with van der Waals surface area (Å²) in [7, 11) is -3.03. The number of nitriles is 1. The van der Waals surface area contributed by atoms with E-state index in [-0.39, 0.29) is 11.8 Å². The lowest BCUT2D eigenvalue weighted by molar-refractivity contribution is 0.598. The molecule has 0 radical (unpaired) electrons. The number of pyridine rings is 1. The average molecular weight is 239 g/mol. The fourth-order valence-corrected chi connectivity index (χ4v) is 2.36. The summed E-state index contributed by atoms with van der Waals surface area (Å²) in [4.78, 5) is 3.88. The highest BCUT2D eigenvalue weighted by Gasteiger charge is 2.11. The minimum atomic E-state index is -3.03. The van der Waals surface area contributed by atoms with Crippen molar-refractivity contribution in [2.24, 2.45) is 0 Å². The van der Waals surface area contributed by atoms with E-state index in [1.54, 1.807) is 13.0 Å². The standard InChI is InChI=1S/C10H13N3O2S/c1-8(7-16(2,14)15)13-10-6-12-4-3-9(10)5-11/h3-4,6,8,13H,7H2,1-2H3. The number of aromatic nitrogens is 1. The molecule has 1 unspecified atom stereocenters. The molecule has 0 bridgehead atoms. The third-order valence-electron chi connectivity index (χ3n) is 1.90. The minimum Gasteiger partial charge on any atom is -0.379 e. The summed E-state index contributed by atoms with van der Waals surface area (Å²) < 4.78 is 22.1. The van der Waals surface area contributed by atoms with Crippen LogP contribution in [0.25, 0.3) is 0 Å². The fourth-order valence-electron chi connectivity index (χ4n) is 1.37. The van der Waals surface area contributed by atoms with E-state index in [4.69, 9.17) is 5.26 Å². The zero-order valence-electron chi connectivity index (χ0n) is 9.14. The Hall–Kier alpha value is -1.61. The van der Waals surface area contributed by atoms with Gasteiger partial charge < -0.3 is 5.32 Å². The molecular formula is C10H13N3O2S. The van der Waals surface area contributed by atoms with Gasteiger partial charge in [0.1, 0.15) is 15.9 Å². The third-order valence-corrected chi connectivity index (χ3v) is 3.00. The minimum absolute atomic E-state index is 0.0206. The highest BCUT2D eigenvalue weighted by atomic mass is 32.2. The molecule has 0 aliphatic carbocycles. The van der Waals surface area contributed by atoms with Crippen LogP contribution in [0.4, 0.5) is 5.69 Å². The topological polar surface area (TPSA) is 82.8 Å². The first-order valence-electron chi connectivity index (χ1n) is 4.71. The molecule has 0 aliphatic heterocycles. The van der Waals surface area contributed by atoms with E-state index in [1.807, 2.05) is 6.07 Å². The molecule has 0 aliphatic rings. The molecule has 1 aromatic heterocycles. The number of anilines is 1. The maximum absolute atomic E-state index is 11.1. The van der Waals surface area contributed by atoms with E-state index in [0.717, 1.165) is 0 Å². The first kappa shape index (κ1) is 12.5. The summed E-state index contributed by atoms with van der Waals surface area (Å²) in [5.41, 5.74) is 1.01. The number of hydrogen-bond donors (Lipinski definition) is 1. The van der Waals surface area contributed by atoms with Crippen LogP contribution in [0.15, 0.2) is 18.5 Å². The van der Waals surface area contributed by atoms with E-state index in [9.17, 15) is 8.42 Å². The lowest BCUT2D eigenvalue weighted by Gasteiger charge is -2.14. The quantitative estimate of drug-likeness (QED) is 0.840. The highest BCUT2D eigenvalue weighted by Crippen LogP contribution is 2.13. The number of nitrogens with zero attached hydrogens (tertiary/aromatic N) is 2. The van der Waals surface area contributed by atoms with Crippen molar-refractivity contribution in [3.05, 3.63) is 24.0 Å². The van der Waals surface area contributed by atoms with Crippen molar-refractivity contribution in [3.63, 3.8) is 0 Å². The lowest BCUT2D eigenvalue weighted by Crippen LogP contribution is -2.25. The van der Waals surface area contributed by atoms with E-state index >= 15 is 0 Å². The maximum Gasteiger partial charge on any atom is 0.149 e. The van der Waals surface area contributed by atoms with Crippen LogP contribution in [0.5, 0.6) is 0 Å². The Labute approximate surface area is 95.0 Å². The van der Waals surface area contributed by atoms with Crippen molar-refractivity contribution in [3.8, 4) is 6.07 Å². The molecule has 5 nitrogen and oxygen atoms in total. The zero-order chi connectivity index (χ0) is 12.2. The van der Waals surface area contributed by atoms with Crippen LogP contribution in [-0.2, 0) is 9.84 Å². The smallest absolute Gasteiger partial charge is 0.149 e. The molecule has 0 amide bonds. The van der Waals surface area contributed by atoms with Crippen LogP contribution in [0.3, 0.4) is 0 Å². The Kier molecular flexibility index (Phi) is 3.85. The molecule has 0 saturated carbocycles. The molecule has 0 saturated heterocycles. The van der Waals surface area contributed by atoms with Crippen LogP contribution in [0.1, 0.15) is 12.5 Å². The van der Waals surface area contributed by atoms with Gasteiger partial charge in [-0.3, -0.25) is 4.98 Å². The lowest BCUT2D eigenvalue weighted by atomic mass is 10.2. The van der Waals surface area contributed by atoms with Gasteiger partial charge in [0.05, 0.1) is 23.2 Å². The molecule has 6 heteroatoms. The Morgan fingerprint density at radius 1 is 1.62 bits per heavy atom. The summed E-state index contributed by atoms with van der Waals surface area (Å²) in [6.07, 6.45) is 4.21. The predicted octanol–water partition coefficient (Wildman–Crippen LogP) is 0.798. The van der Waals surface area contributed by atoms with E-state index in [1.165, 1.54) is 18.6 Å². The average Bonchev–Trinajstić information content (AvgIpc) is 2.15. The Morgan fingerprint density at radius 3 is 2.88 bits per heavy atom. The van der Waals surface area contributed by atoms with Crippen LogP contribution < -0.4 is 5.32 Å². The molecular weight excluding hydrogens is 226 g/mol. The molecule has 1 aromatic rings. The van der Waals surface area contributed by atoms with Crippen LogP contribution in [-0.4, -0.2) is 31.5 Å². The van der Waals surface area contributed by atoms with Crippen molar-refractivity contribution in [2.75, 3.05) is 17.3 Å². The van der Waals surface area contributed by atoms with Gasteiger partial charge in [0, 0.05) is 18.5 Å². The van der Waals surface area contributed by atoms with Crippen molar-refractivity contribution in [2.45, 2.75) is 13.0 Å². The molecule has 1 heterocycles. The second-order valence-corrected chi connectivity index (χ2v) is 5.86. The molecule has 0 spiro atoms. The molecule has 1 atom stereocenters. The predicted molar refractivity (Wildman–Crippen MR) is 61.7 cm³/mol. The van der Waals surface area contributed by atoms with Gasteiger partial charge in [-0.2, -0.15) is 5.26 Å². The molecule has 86 valence electrons. The Morgan fingerprint density at radius 2 is 2.31 bits per heavy atom. The van der Waals surface area contributed by atoms with Crippen molar-refractivity contribution in [1.82, 2.24) is 4.98 Å². The number of nitrogens with one attached hydrogen (secondary N) is 1. The molecule has 1 N–H and O–H groups in total. The van der Waals surface area contributed by atoms with E-state index in [0.29, 0.717) is 11.3 Å². The normalized spacial score (nSPS) is 12.8. The summed E-state index contributed by atoms with van der Waals surface area (Å²) in [6.45, 7) is 1.75. The van der Waals surface area contributed by atoms with Gasteiger partial charge >= 0.3 is 0 Å².